The highest BCUT2D eigenvalue weighted by atomic mass is 35.5. The lowest BCUT2D eigenvalue weighted by molar-refractivity contribution is 0.106. The molecule has 0 aliphatic carbocycles. The van der Waals surface area contributed by atoms with Crippen LogP contribution in [-0.4, -0.2) is 30.4 Å². The van der Waals surface area contributed by atoms with Gasteiger partial charge in [0.2, 0.25) is 0 Å². The number of fused-ring (bicyclic) bond motifs is 1. The van der Waals surface area contributed by atoms with Crippen molar-refractivity contribution in [1.29, 1.82) is 0 Å². The van der Waals surface area contributed by atoms with Gasteiger partial charge in [0, 0.05) is 23.9 Å². The van der Waals surface area contributed by atoms with Gasteiger partial charge < -0.3 is 9.74 Å². The van der Waals surface area contributed by atoms with Gasteiger partial charge in [-0.05, 0) is 17.7 Å². The maximum atomic E-state index is 5.89. The first-order chi connectivity index (χ1) is 7.83. The van der Waals surface area contributed by atoms with Crippen LogP contribution in [-0.2, 0) is 4.84 Å². The van der Waals surface area contributed by atoms with Gasteiger partial charge in [0.05, 0.1) is 6.54 Å². The fraction of sp³-hybridized carbons (Fsp3) is 0.417. The van der Waals surface area contributed by atoms with Gasteiger partial charge in [0.15, 0.2) is 0 Å². The van der Waals surface area contributed by atoms with Crippen LogP contribution in [0.4, 0.5) is 0 Å². The smallest absolute Gasteiger partial charge is 0.145 e. The molecule has 4 heteroatoms. The van der Waals surface area contributed by atoms with E-state index in [2.05, 4.69) is 22.2 Å². The number of oxime groups is 1. The second kappa shape index (κ2) is 3.98. The minimum absolute atomic E-state index is 0.526. The van der Waals surface area contributed by atoms with E-state index < -0.39 is 0 Å². The van der Waals surface area contributed by atoms with E-state index in [0.29, 0.717) is 12.5 Å². The Morgan fingerprint density at radius 1 is 1.31 bits per heavy atom. The topological polar surface area (TPSA) is 24.8 Å². The monoisotopic (exact) mass is 236 g/mol. The van der Waals surface area contributed by atoms with Gasteiger partial charge in [-0.3, -0.25) is 0 Å². The van der Waals surface area contributed by atoms with Crippen LogP contribution in [0, 0.1) is 0 Å². The van der Waals surface area contributed by atoms with E-state index in [1.165, 1.54) is 5.56 Å². The van der Waals surface area contributed by atoms with E-state index in [9.17, 15) is 0 Å². The fourth-order valence-electron chi connectivity index (χ4n) is 2.33. The van der Waals surface area contributed by atoms with Gasteiger partial charge in [-0.1, -0.05) is 28.9 Å². The van der Waals surface area contributed by atoms with E-state index in [1.54, 1.807) is 0 Å². The quantitative estimate of drug-likeness (QED) is 0.748. The van der Waals surface area contributed by atoms with Crippen molar-refractivity contribution in [2.24, 2.45) is 5.16 Å². The Labute approximate surface area is 99.6 Å². The number of rotatable bonds is 1. The molecule has 1 unspecified atom stereocenters. The third-order valence-corrected chi connectivity index (χ3v) is 3.45. The molecule has 0 spiro atoms. The first-order valence-electron chi connectivity index (χ1n) is 5.52. The van der Waals surface area contributed by atoms with Gasteiger partial charge in [-0.2, -0.15) is 0 Å². The number of amidine groups is 1. The first kappa shape index (κ1) is 9.97. The molecule has 0 bridgehead atoms. The van der Waals surface area contributed by atoms with Crippen LogP contribution in [0.3, 0.4) is 0 Å². The Morgan fingerprint density at radius 2 is 2.12 bits per heavy atom. The minimum atomic E-state index is 0.526. The second-order valence-corrected chi connectivity index (χ2v) is 4.68. The summed E-state index contributed by atoms with van der Waals surface area (Å²) in [6, 6.07) is 8.11. The molecule has 84 valence electrons. The predicted octanol–water partition coefficient (Wildman–Crippen LogP) is 2.47. The van der Waals surface area contributed by atoms with Crippen molar-refractivity contribution in [2.75, 3.05) is 19.7 Å². The second-order valence-electron chi connectivity index (χ2n) is 4.24. The Kier molecular flexibility index (Phi) is 2.48. The molecule has 0 amide bonds. The third kappa shape index (κ3) is 1.76. The fourth-order valence-corrected chi connectivity index (χ4v) is 2.46. The molecule has 0 saturated carbocycles. The summed E-state index contributed by atoms with van der Waals surface area (Å²) < 4.78 is 0. The zero-order chi connectivity index (χ0) is 11.0. The molecule has 2 aliphatic heterocycles. The van der Waals surface area contributed by atoms with E-state index in [0.717, 1.165) is 30.4 Å². The number of benzene rings is 1. The summed E-state index contributed by atoms with van der Waals surface area (Å²) in [5, 5.41) is 4.89. The molecular formula is C12H13ClN2O. The zero-order valence-corrected chi connectivity index (χ0v) is 9.65. The number of halogens is 1. The SMILES string of the molecule is Clc1ccc(C2CC3=NOCCN3C2)cc1. The third-order valence-electron chi connectivity index (χ3n) is 3.20. The molecule has 1 fully saturated rings. The largest absolute Gasteiger partial charge is 0.392 e. The highest BCUT2D eigenvalue weighted by Gasteiger charge is 2.30. The van der Waals surface area contributed by atoms with Gasteiger partial charge in [-0.15, -0.1) is 0 Å². The predicted molar refractivity (Wildman–Crippen MR) is 63.8 cm³/mol. The van der Waals surface area contributed by atoms with Gasteiger partial charge in [0.25, 0.3) is 0 Å². The van der Waals surface area contributed by atoms with Crippen molar-refractivity contribution in [2.45, 2.75) is 12.3 Å². The van der Waals surface area contributed by atoms with E-state index in [-0.39, 0.29) is 0 Å². The molecule has 3 nitrogen and oxygen atoms in total. The molecule has 2 aliphatic rings. The average Bonchev–Trinajstić information content (AvgIpc) is 2.73. The highest BCUT2D eigenvalue weighted by Crippen LogP contribution is 2.30. The normalized spacial score (nSPS) is 23.7. The summed E-state index contributed by atoms with van der Waals surface area (Å²) in [6.45, 7) is 2.71. The van der Waals surface area contributed by atoms with Crippen LogP contribution in [0.15, 0.2) is 29.4 Å². The van der Waals surface area contributed by atoms with Crippen molar-refractivity contribution in [3.63, 3.8) is 0 Å². The van der Waals surface area contributed by atoms with Crippen molar-refractivity contribution in [1.82, 2.24) is 4.90 Å². The van der Waals surface area contributed by atoms with Crippen molar-refractivity contribution in [3.8, 4) is 0 Å². The van der Waals surface area contributed by atoms with Crippen molar-refractivity contribution in [3.05, 3.63) is 34.9 Å². The maximum Gasteiger partial charge on any atom is 0.145 e. The Balaban J connectivity index is 1.80. The van der Waals surface area contributed by atoms with E-state index in [4.69, 9.17) is 16.4 Å². The first-order valence-corrected chi connectivity index (χ1v) is 5.90. The zero-order valence-electron chi connectivity index (χ0n) is 8.90. The lowest BCUT2D eigenvalue weighted by Gasteiger charge is -2.21. The molecule has 3 rings (SSSR count). The molecule has 16 heavy (non-hydrogen) atoms. The molecule has 0 N–H and O–H groups in total. The molecule has 1 atom stereocenters. The van der Waals surface area contributed by atoms with Gasteiger partial charge in [-0.25, -0.2) is 0 Å². The minimum Gasteiger partial charge on any atom is -0.392 e. The van der Waals surface area contributed by atoms with Crippen LogP contribution in [0.2, 0.25) is 5.02 Å². The Hall–Kier alpha value is -1.22. The summed E-state index contributed by atoms with van der Waals surface area (Å²) in [6.07, 6.45) is 0.974. The van der Waals surface area contributed by atoms with Gasteiger partial charge >= 0.3 is 0 Å². The molecule has 1 aromatic rings. The summed E-state index contributed by atoms with van der Waals surface area (Å²) in [5.74, 6) is 1.61. The molecular weight excluding hydrogens is 224 g/mol. The summed E-state index contributed by atoms with van der Waals surface area (Å²) >= 11 is 5.89. The summed E-state index contributed by atoms with van der Waals surface area (Å²) in [5.41, 5.74) is 1.33. The standard InChI is InChI=1S/C12H13ClN2O/c13-11-3-1-9(2-4-11)10-7-12-14-16-6-5-15(12)8-10/h1-4,10H,5-8H2. The highest BCUT2D eigenvalue weighted by molar-refractivity contribution is 6.30. The van der Waals surface area contributed by atoms with Crippen LogP contribution in [0.25, 0.3) is 0 Å². The van der Waals surface area contributed by atoms with E-state index >= 15 is 0 Å². The summed E-state index contributed by atoms with van der Waals surface area (Å²) in [4.78, 5) is 7.42. The molecule has 0 aromatic heterocycles. The molecule has 1 saturated heterocycles. The number of nitrogens with zero attached hydrogens (tertiary/aromatic N) is 2. The number of hydrogen-bond acceptors (Lipinski definition) is 3. The van der Waals surface area contributed by atoms with Crippen LogP contribution in [0.1, 0.15) is 17.9 Å². The molecule has 2 heterocycles. The van der Waals surface area contributed by atoms with Crippen molar-refractivity contribution < 1.29 is 4.84 Å². The van der Waals surface area contributed by atoms with Crippen LogP contribution < -0.4 is 0 Å². The number of hydrogen-bond donors (Lipinski definition) is 0. The van der Waals surface area contributed by atoms with Crippen LogP contribution in [0.5, 0.6) is 0 Å². The Morgan fingerprint density at radius 3 is 2.88 bits per heavy atom. The lowest BCUT2D eigenvalue weighted by Crippen LogP contribution is -2.32. The molecule has 1 aromatic carbocycles. The molecule has 0 radical (unpaired) electrons. The van der Waals surface area contributed by atoms with Gasteiger partial charge in [0.1, 0.15) is 12.4 Å². The average molecular weight is 237 g/mol. The van der Waals surface area contributed by atoms with E-state index in [1.807, 2.05) is 12.1 Å². The van der Waals surface area contributed by atoms with Crippen LogP contribution >= 0.6 is 11.6 Å². The maximum absolute atomic E-state index is 5.89. The lowest BCUT2D eigenvalue weighted by atomic mass is 9.98. The Bertz CT molecular complexity index is 416. The van der Waals surface area contributed by atoms with Crippen molar-refractivity contribution >= 4 is 17.4 Å². The summed E-state index contributed by atoms with van der Waals surface area (Å²) in [7, 11) is 0.